The number of fused-ring (bicyclic) bond motifs is 1. The molecule has 0 amide bonds. The maximum absolute atomic E-state index is 6.20. The first-order valence-electron chi connectivity index (χ1n) is 6.59. The minimum atomic E-state index is 0.0409. The van der Waals surface area contributed by atoms with E-state index >= 15 is 0 Å². The summed E-state index contributed by atoms with van der Waals surface area (Å²) in [4.78, 5) is 0. The van der Waals surface area contributed by atoms with Crippen molar-refractivity contribution in [3.8, 4) is 5.69 Å². The fourth-order valence-corrected chi connectivity index (χ4v) is 2.38. The van der Waals surface area contributed by atoms with Crippen LogP contribution in [-0.2, 0) is 0 Å². The van der Waals surface area contributed by atoms with Gasteiger partial charge in [-0.1, -0.05) is 43.3 Å². The van der Waals surface area contributed by atoms with Crippen molar-refractivity contribution in [3.63, 3.8) is 0 Å². The van der Waals surface area contributed by atoms with Gasteiger partial charge in [0.15, 0.2) is 0 Å². The molecule has 3 heteroatoms. The van der Waals surface area contributed by atoms with E-state index in [1.54, 1.807) is 0 Å². The first-order valence-corrected chi connectivity index (χ1v) is 6.59. The molecular weight excluding hydrogens is 234 g/mol. The molecule has 0 fully saturated rings. The standard InChI is InChI=1S/C16H17N3/c1-2-14(17)13-8-4-6-10-16(13)19-15-9-5-3-7-12(15)11-18-19/h3-11,14H,2,17H2,1H3/t14-/m0/s1. The molecule has 96 valence electrons. The van der Waals surface area contributed by atoms with Crippen LogP contribution < -0.4 is 5.73 Å². The summed E-state index contributed by atoms with van der Waals surface area (Å²) < 4.78 is 1.97. The molecule has 0 bridgehead atoms. The normalized spacial score (nSPS) is 12.7. The molecule has 19 heavy (non-hydrogen) atoms. The topological polar surface area (TPSA) is 43.8 Å². The van der Waals surface area contributed by atoms with E-state index in [0.717, 1.165) is 28.6 Å². The number of aromatic nitrogens is 2. The Kier molecular flexibility index (Phi) is 3.05. The van der Waals surface area contributed by atoms with Crippen molar-refractivity contribution in [1.29, 1.82) is 0 Å². The van der Waals surface area contributed by atoms with Gasteiger partial charge >= 0.3 is 0 Å². The molecule has 0 saturated heterocycles. The molecule has 0 aliphatic carbocycles. The van der Waals surface area contributed by atoms with Gasteiger partial charge in [-0.25, -0.2) is 4.68 Å². The minimum absolute atomic E-state index is 0.0409. The first kappa shape index (κ1) is 11.9. The van der Waals surface area contributed by atoms with Crippen LogP contribution >= 0.6 is 0 Å². The van der Waals surface area contributed by atoms with Gasteiger partial charge in [-0.3, -0.25) is 0 Å². The zero-order valence-electron chi connectivity index (χ0n) is 11.0. The predicted molar refractivity (Wildman–Crippen MR) is 78.3 cm³/mol. The van der Waals surface area contributed by atoms with Crippen molar-refractivity contribution >= 4 is 10.9 Å². The van der Waals surface area contributed by atoms with Crippen LogP contribution in [0.4, 0.5) is 0 Å². The van der Waals surface area contributed by atoms with Gasteiger partial charge in [0.25, 0.3) is 0 Å². The van der Waals surface area contributed by atoms with Gasteiger partial charge < -0.3 is 5.73 Å². The predicted octanol–water partition coefficient (Wildman–Crippen LogP) is 3.44. The minimum Gasteiger partial charge on any atom is -0.324 e. The maximum Gasteiger partial charge on any atom is 0.0741 e. The highest BCUT2D eigenvalue weighted by Gasteiger charge is 2.12. The second-order valence-corrected chi connectivity index (χ2v) is 4.69. The van der Waals surface area contributed by atoms with E-state index in [4.69, 9.17) is 5.73 Å². The van der Waals surface area contributed by atoms with Crippen molar-refractivity contribution in [1.82, 2.24) is 9.78 Å². The fraction of sp³-hybridized carbons (Fsp3) is 0.188. The van der Waals surface area contributed by atoms with Crippen LogP contribution in [-0.4, -0.2) is 9.78 Å². The van der Waals surface area contributed by atoms with Gasteiger partial charge in [-0.05, 0) is 24.1 Å². The Morgan fingerprint density at radius 3 is 2.68 bits per heavy atom. The lowest BCUT2D eigenvalue weighted by Gasteiger charge is -2.15. The highest BCUT2D eigenvalue weighted by atomic mass is 15.3. The Labute approximate surface area is 112 Å². The number of nitrogens with zero attached hydrogens (tertiary/aromatic N) is 2. The zero-order chi connectivity index (χ0) is 13.2. The van der Waals surface area contributed by atoms with E-state index in [1.807, 2.05) is 35.1 Å². The molecule has 0 radical (unpaired) electrons. The zero-order valence-corrected chi connectivity index (χ0v) is 11.0. The molecule has 2 aromatic carbocycles. The van der Waals surface area contributed by atoms with Gasteiger partial charge in [-0.15, -0.1) is 0 Å². The summed E-state index contributed by atoms with van der Waals surface area (Å²) >= 11 is 0. The van der Waals surface area contributed by atoms with Gasteiger partial charge in [0, 0.05) is 11.4 Å². The third-order valence-corrected chi connectivity index (χ3v) is 3.48. The molecule has 1 aromatic heterocycles. The lowest BCUT2D eigenvalue weighted by atomic mass is 10.0. The first-order chi connectivity index (χ1) is 9.31. The van der Waals surface area contributed by atoms with Crippen LogP contribution in [0, 0.1) is 0 Å². The fourth-order valence-electron chi connectivity index (χ4n) is 2.38. The van der Waals surface area contributed by atoms with Gasteiger partial charge in [0.1, 0.15) is 0 Å². The smallest absolute Gasteiger partial charge is 0.0741 e. The lowest BCUT2D eigenvalue weighted by molar-refractivity contribution is 0.688. The summed E-state index contributed by atoms with van der Waals surface area (Å²) in [6, 6.07) is 16.5. The van der Waals surface area contributed by atoms with E-state index in [2.05, 4.69) is 36.3 Å². The number of hydrogen-bond acceptors (Lipinski definition) is 2. The Balaban J connectivity index is 2.22. The van der Waals surface area contributed by atoms with Crippen molar-refractivity contribution < 1.29 is 0 Å². The van der Waals surface area contributed by atoms with E-state index in [0.29, 0.717) is 0 Å². The lowest BCUT2D eigenvalue weighted by Crippen LogP contribution is -2.12. The summed E-state index contributed by atoms with van der Waals surface area (Å²) in [7, 11) is 0. The Morgan fingerprint density at radius 2 is 1.84 bits per heavy atom. The molecule has 0 aliphatic heterocycles. The molecule has 3 nitrogen and oxygen atoms in total. The summed E-state index contributed by atoms with van der Waals surface area (Å²) in [5.74, 6) is 0. The largest absolute Gasteiger partial charge is 0.324 e. The summed E-state index contributed by atoms with van der Waals surface area (Å²) in [6.45, 7) is 2.10. The molecular formula is C16H17N3. The number of benzene rings is 2. The summed E-state index contributed by atoms with van der Waals surface area (Å²) in [5.41, 5.74) is 9.52. The van der Waals surface area contributed by atoms with Gasteiger partial charge in [0.2, 0.25) is 0 Å². The third-order valence-electron chi connectivity index (χ3n) is 3.48. The molecule has 0 unspecified atom stereocenters. The van der Waals surface area contributed by atoms with Gasteiger partial charge in [0.05, 0.1) is 17.4 Å². The van der Waals surface area contributed by atoms with Crippen LogP contribution in [0.1, 0.15) is 24.9 Å². The summed E-state index contributed by atoms with van der Waals surface area (Å²) in [5, 5.41) is 5.65. The number of nitrogens with two attached hydrogens (primary N) is 1. The summed E-state index contributed by atoms with van der Waals surface area (Å²) in [6.07, 6.45) is 2.81. The van der Waals surface area contributed by atoms with E-state index in [1.165, 1.54) is 0 Å². The molecule has 0 spiro atoms. The molecule has 0 aliphatic rings. The second kappa shape index (κ2) is 4.86. The highest BCUT2D eigenvalue weighted by Crippen LogP contribution is 2.25. The number of rotatable bonds is 3. The maximum atomic E-state index is 6.20. The average molecular weight is 251 g/mol. The van der Waals surface area contributed by atoms with Crippen molar-refractivity contribution in [2.45, 2.75) is 19.4 Å². The number of hydrogen-bond donors (Lipinski definition) is 1. The van der Waals surface area contributed by atoms with Crippen LogP contribution in [0.25, 0.3) is 16.6 Å². The molecule has 0 saturated carbocycles. The van der Waals surface area contributed by atoms with Crippen LogP contribution in [0.5, 0.6) is 0 Å². The quantitative estimate of drug-likeness (QED) is 0.775. The van der Waals surface area contributed by atoms with Crippen LogP contribution in [0.2, 0.25) is 0 Å². The van der Waals surface area contributed by atoms with Crippen LogP contribution in [0.15, 0.2) is 54.7 Å². The van der Waals surface area contributed by atoms with Crippen molar-refractivity contribution in [2.75, 3.05) is 0 Å². The Hall–Kier alpha value is -2.13. The van der Waals surface area contributed by atoms with E-state index in [-0.39, 0.29) is 6.04 Å². The molecule has 3 aromatic rings. The molecule has 2 N–H and O–H groups in total. The van der Waals surface area contributed by atoms with Crippen molar-refractivity contribution in [2.24, 2.45) is 5.73 Å². The van der Waals surface area contributed by atoms with E-state index < -0.39 is 0 Å². The second-order valence-electron chi connectivity index (χ2n) is 4.69. The average Bonchev–Trinajstić information content (AvgIpc) is 2.90. The third kappa shape index (κ3) is 2.02. The van der Waals surface area contributed by atoms with Crippen LogP contribution in [0.3, 0.4) is 0 Å². The van der Waals surface area contributed by atoms with Crippen molar-refractivity contribution in [3.05, 3.63) is 60.3 Å². The van der Waals surface area contributed by atoms with Gasteiger partial charge in [-0.2, -0.15) is 5.10 Å². The SMILES string of the molecule is CC[C@H](N)c1ccccc1-n1ncc2ccccc21. The Morgan fingerprint density at radius 1 is 1.11 bits per heavy atom. The number of para-hydroxylation sites is 2. The monoisotopic (exact) mass is 251 g/mol. The highest BCUT2D eigenvalue weighted by molar-refractivity contribution is 5.80. The van der Waals surface area contributed by atoms with E-state index in [9.17, 15) is 0 Å². The molecule has 1 atom stereocenters. The Bertz CT molecular complexity index is 700. The molecule has 1 heterocycles. The molecule has 3 rings (SSSR count).